The van der Waals surface area contributed by atoms with Crippen LogP contribution in [-0.4, -0.2) is 57.9 Å². The first kappa shape index (κ1) is 25.0. The molecule has 4 fully saturated rings. The quantitative estimate of drug-likeness (QED) is 0.554. The Bertz CT molecular complexity index is 757. The van der Waals surface area contributed by atoms with E-state index in [-0.39, 0.29) is 35.5 Å². The minimum atomic E-state index is -0.976. The molecule has 0 saturated heterocycles. The summed E-state index contributed by atoms with van der Waals surface area (Å²) in [6.45, 7) is 6.93. The molecular weight excluding hydrogens is 418 g/mol. The van der Waals surface area contributed by atoms with Crippen LogP contribution in [0.4, 0.5) is 0 Å². The summed E-state index contributed by atoms with van der Waals surface area (Å²) in [5.74, 6) is 1.78. The highest BCUT2D eigenvalue weighted by Crippen LogP contribution is 2.68. The second kappa shape index (κ2) is 9.14. The lowest BCUT2D eigenvalue weighted by Gasteiger charge is -2.62. The molecule has 0 aromatic rings. The Balaban J connectivity index is 1.44. The molecule has 4 aliphatic rings. The number of carbonyl (C=O) groups excluding carboxylic acids is 1. The zero-order valence-electron chi connectivity index (χ0n) is 21.0. The lowest BCUT2D eigenvalue weighted by Crippen LogP contribution is -2.58. The van der Waals surface area contributed by atoms with Crippen LogP contribution in [0.15, 0.2) is 0 Å². The molecule has 6 nitrogen and oxygen atoms in total. The fourth-order valence-electron chi connectivity index (χ4n) is 9.21. The highest BCUT2D eigenvalue weighted by molar-refractivity contribution is 5.80. The smallest absolute Gasteiger partial charge is 0.323 e. The molecule has 188 valence electrons. The van der Waals surface area contributed by atoms with Crippen LogP contribution in [0.2, 0.25) is 0 Å². The number of aliphatic carboxylic acids is 1. The van der Waals surface area contributed by atoms with Crippen LogP contribution in [0.5, 0.6) is 0 Å². The number of likely N-dealkylation sites (N-methyl/N-ethyl adjacent to an activating group) is 1. The van der Waals surface area contributed by atoms with Crippen LogP contribution >= 0.6 is 0 Å². The summed E-state index contributed by atoms with van der Waals surface area (Å²) < 4.78 is 0. The molecule has 4 rings (SSSR count). The lowest BCUT2D eigenvalue weighted by atomic mass is 9.43. The topological polar surface area (TPSA) is 98.1 Å². The maximum Gasteiger partial charge on any atom is 0.323 e. The first-order chi connectivity index (χ1) is 15.5. The third kappa shape index (κ3) is 4.35. The highest BCUT2D eigenvalue weighted by atomic mass is 16.4. The maximum absolute atomic E-state index is 12.4. The Kier molecular flexibility index (Phi) is 6.92. The van der Waals surface area contributed by atoms with Crippen LogP contribution in [0.1, 0.15) is 85.0 Å². The van der Waals surface area contributed by atoms with Crippen LogP contribution in [0.3, 0.4) is 0 Å². The monoisotopic (exact) mass is 463 g/mol. The summed E-state index contributed by atoms with van der Waals surface area (Å²) in [7, 11) is 1.57. The van der Waals surface area contributed by atoms with Crippen LogP contribution < -0.4 is 0 Å². The molecule has 0 aromatic heterocycles. The molecule has 4 aliphatic carbocycles. The average molecular weight is 464 g/mol. The van der Waals surface area contributed by atoms with Gasteiger partial charge in [-0.05, 0) is 104 Å². The summed E-state index contributed by atoms with van der Waals surface area (Å²) in [5, 5.41) is 30.6. The van der Waals surface area contributed by atoms with Gasteiger partial charge in [0, 0.05) is 13.5 Å². The number of carbonyl (C=O) groups is 2. The molecule has 6 heteroatoms. The van der Waals surface area contributed by atoms with Gasteiger partial charge >= 0.3 is 5.97 Å². The number of aliphatic hydroxyl groups is 2. The summed E-state index contributed by atoms with van der Waals surface area (Å²) >= 11 is 0. The minimum absolute atomic E-state index is 0.0891. The normalized spacial score (nSPS) is 45.5. The summed E-state index contributed by atoms with van der Waals surface area (Å²) in [6.07, 6.45) is 9.10. The average Bonchev–Trinajstić information content (AvgIpc) is 3.09. The number of carboxylic acid groups (broad SMARTS) is 1. The molecule has 0 aromatic carbocycles. The van der Waals surface area contributed by atoms with Crippen molar-refractivity contribution in [1.29, 1.82) is 0 Å². The van der Waals surface area contributed by atoms with E-state index in [9.17, 15) is 19.8 Å². The molecule has 0 aliphatic heterocycles. The zero-order chi connectivity index (χ0) is 24.1. The molecule has 1 amide bonds. The zero-order valence-corrected chi connectivity index (χ0v) is 21.0. The number of rotatable bonds is 6. The predicted molar refractivity (Wildman–Crippen MR) is 126 cm³/mol. The van der Waals surface area contributed by atoms with Gasteiger partial charge in [-0.1, -0.05) is 20.8 Å². The standard InChI is InChI=1S/C27H45NO5/c1-16(5-8-23(31)28(4)15-24(32)33)19-6-7-20-25-21(10-12-27(19,20)3)26(2)11-9-18(29)13-17(26)14-22(25)30/h16-22,25,29-30H,5-15H2,1-4H3,(H,32,33)/t16-,17+,18-,19-,20?,21?,22?,25?,26+,27-/m1/s1. The van der Waals surface area contributed by atoms with Crippen LogP contribution in [0, 0.1) is 46.3 Å². The number of fused-ring (bicyclic) bond motifs is 5. The van der Waals surface area contributed by atoms with Gasteiger partial charge in [-0.3, -0.25) is 9.59 Å². The number of hydrogen-bond donors (Lipinski definition) is 3. The summed E-state index contributed by atoms with van der Waals surface area (Å²) in [4.78, 5) is 24.6. The van der Waals surface area contributed by atoms with E-state index in [0.29, 0.717) is 41.9 Å². The molecule has 4 saturated carbocycles. The number of hydrogen-bond acceptors (Lipinski definition) is 4. The second-order valence-electron chi connectivity index (χ2n) is 12.6. The van der Waals surface area contributed by atoms with Gasteiger partial charge in [0.2, 0.25) is 5.91 Å². The Morgan fingerprint density at radius 2 is 1.67 bits per heavy atom. The van der Waals surface area contributed by atoms with Gasteiger partial charge in [0.05, 0.1) is 12.2 Å². The minimum Gasteiger partial charge on any atom is -0.480 e. The van der Waals surface area contributed by atoms with Gasteiger partial charge in [0.25, 0.3) is 0 Å². The molecule has 0 bridgehead atoms. The largest absolute Gasteiger partial charge is 0.480 e. The van der Waals surface area contributed by atoms with Crippen LogP contribution in [-0.2, 0) is 9.59 Å². The van der Waals surface area contributed by atoms with Crippen molar-refractivity contribution in [2.45, 2.75) is 97.2 Å². The van der Waals surface area contributed by atoms with Gasteiger partial charge in [-0.25, -0.2) is 0 Å². The fourth-order valence-corrected chi connectivity index (χ4v) is 9.21. The van der Waals surface area contributed by atoms with Gasteiger partial charge < -0.3 is 20.2 Å². The molecule has 0 radical (unpaired) electrons. The molecule has 0 heterocycles. The molecule has 33 heavy (non-hydrogen) atoms. The van der Waals surface area contributed by atoms with Crippen molar-refractivity contribution in [3.05, 3.63) is 0 Å². The highest BCUT2D eigenvalue weighted by Gasteiger charge is 2.62. The van der Waals surface area contributed by atoms with E-state index in [1.807, 2.05) is 0 Å². The van der Waals surface area contributed by atoms with Crippen molar-refractivity contribution in [2.24, 2.45) is 46.3 Å². The van der Waals surface area contributed by atoms with E-state index in [4.69, 9.17) is 5.11 Å². The van der Waals surface area contributed by atoms with E-state index in [0.717, 1.165) is 38.5 Å². The third-order valence-electron chi connectivity index (χ3n) is 11.0. The Labute approximate surface area is 199 Å². The Morgan fingerprint density at radius 3 is 2.36 bits per heavy atom. The van der Waals surface area contributed by atoms with Crippen LogP contribution in [0.25, 0.3) is 0 Å². The van der Waals surface area contributed by atoms with Crippen molar-refractivity contribution < 1.29 is 24.9 Å². The maximum atomic E-state index is 12.4. The summed E-state index contributed by atoms with van der Waals surface area (Å²) in [5.41, 5.74) is 0.449. The Morgan fingerprint density at radius 1 is 1.00 bits per heavy atom. The molecular formula is C27H45NO5. The predicted octanol–water partition coefficient (Wildman–Crippen LogP) is 3.94. The molecule has 0 spiro atoms. The lowest BCUT2D eigenvalue weighted by molar-refractivity contribution is -0.174. The number of amides is 1. The molecule has 3 N–H and O–H groups in total. The van der Waals surface area contributed by atoms with Crippen molar-refractivity contribution in [2.75, 3.05) is 13.6 Å². The van der Waals surface area contributed by atoms with Crippen molar-refractivity contribution in [3.8, 4) is 0 Å². The summed E-state index contributed by atoms with van der Waals surface area (Å²) in [6, 6.07) is 0. The van der Waals surface area contributed by atoms with E-state index < -0.39 is 5.97 Å². The molecule has 10 atom stereocenters. The van der Waals surface area contributed by atoms with E-state index in [2.05, 4.69) is 20.8 Å². The van der Waals surface area contributed by atoms with E-state index in [1.165, 1.54) is 24.2 Å². The molecule has 4 unspecified atom stereocenters. The van der Waals surface area contributed by atoms with Gasteiger partial charge in [-0.2, -0.15) is 0 Å². The van der Waals surface area contributed by atoms with Crippen molar-refractivity contribution >= 4 is 11.9 Å². The fraction of sp³-hybridized carbons (Fsp3) is 0.926. The van der Waals surface area contributed by atoms with Crippen molar-refractivity contribution in [1.82, 2.24) is 4.90 Å². The third-order valence-corrected chi connectivity index (χ3v) is 11.0. The SMILES string of the molecule is C[C@H](CCC(=O)N(C)CC(=O)O)[C@H]1CCC2C3C(O)C[C@@H]4C[C@H](O)CC[C@]4(C)C3CC[C@@]21C. The van der Waals surface area contributed by atoms with Gasteiger partial charge in [0.15, 0.2) is 0 Å². The van der Waals surface area contributed by atoms with E-state index in [1.54, 1.807) is 7.05 Å². The van der Waals surface area contributed by atoms with Crippen molar-refractivity contribution in [3.63, 3.8) is 0 Å². The Hall–Kier alpha value is -1.14. The number of carboxylic acids is 1. The first-order valence-corrected chi connectivity index (χ1v) is 13.3. The van der Waals surface area contributed by atoms with Gasteiger partial charge in [-0.15, -0.1) is 0 Å². The number of aliphatic hydroxyl groups excluding tert-OH is 2. The number of nitrogens with zero attached hydrogens (tertiary/aromatic N) is 1. The van der Waals surface area contributed by atoms with Gasteiger partial charge in [0.1, 0.15) is 6.54 Å². The second-order valence-corrected chi connectivity index (χ2v) is 12.6. The first-order valence-electron chi connectivity index (χ1n) is 13.3. The van der Waals surface area contributed by atoms with E-state index >= 15 is 0 Å².